The summed E-state index contributed by atoms with van der Waals surface area (Å²) in [6.07, 6.45) is 0.500. The second-order valence-corrected chi connectivity index (χ2v) is 8.09. The Morgan fingerprint density at radius 2 is 2.35 bits per heavy atom. The van der Waals surface area contributed by atoms with Crippen LogP contribution >= 0.6 is 11.3 Å². The first-order valence-electron chi connectivity index (χ1n) is 6.56. The molecule has 20 heavy (non-hydrogen) atoms. The number of morpholine rings is 1. The summed E-state index contributed by atoms with van der Waals surface area (Å²) in [6, 6.07) is 3.07. The van der Waals surface area contributed by atoms with Crippen molar-refractivity contribution in [2.45, 2.75) is 30.5 Å². The molecule has 1 aliphatic rings. The van der Waals surface area contributed by atoms with E-state index in [2.05, 4.69) is 0 Å². The van der Waals surface area contributed by atoms with Gasteiger partial charge in [-0.15, -0.1) is 11.3 Å². The molecule has 2 atom stereocenters. The van der Waals surface area contributed by atoms with Gasteiger partial charge >= 0.3 is 0 Å². The number of Topliss-reactive ketones (excluding diaryl/α,β-unsaturated/α-hetero) is 1. The van der Waals surface area contributed by atoms with Crippen LogP contribution in [0.2, 0.25) is 0 Å². The maximum Gasteiger partial charge on any atom is 0.252 e. The van der Waals surface area contributed by atoms with E-state index in [4.69, 9.17) is 4.74 Å². The monoisotopic (exact) mass is 317 g/mol. The molecule has 0 bridgehead atoms. The van der Waals surface area contributed by atoms with Crippen LogP contribution in [0.5, 0.6) is 0 Å². The maximum atomic E-state index is 12.6. The molecule has 2 unspecified atom stereocenters. The molecule has 1 aromatic heterocycles. The number of hydrogen-bond donors (Lipinski definition) is 0. The summed E-state index contributed by atoms with van der Waals surface area (Å²) in [6.45, 7) is 4.45. The van der Waals surface area contributed by atoms with E-state index in [0.29, 0.717) is 30.4 Å². The lowest BCUT2D eigenvalue weighted by Gasteiger charge is -2.35. The van der Waals surface area contributed by atoms with Gasteiger partial charge in [0.15, 0.2) is 0 Å². The zero-order valence-electron chi connectivity index (χ0n) is 11.6. The zero-order valence-corrected chi connectivity index (χ0v) is 13.2. The van der Waals surface area contributed by atoms with Crippen LogP contribution in [0.15, 0.2) is 21.7 Å². The number of rotatable bonds is 5. The molecule has 0 aliphatic carbocycles. The van der Waals surface area contributed by atoms with Gasteiger partial charge in [-0.05, 0) is 24.8 Å². The minimum absolute atomic E-state index is 0.0732. The standard InChI is InChI=1S/C13H19NO4S2/c1-10(11(2)15)8-12-9-18-6-5-14(12)20(16,17)13-4-3-7-19-13/h3-4,7,10,12H,5-6,8-9H2,1-2H3. The van der Waals surface area contributed by atoms with E-state index in [1.54, 1.807) is 17.5 Å². The lowest BCUT2D eigenvalue weighted by Crippen LogP contribution is -2.49. The van der Waals surface area contributed by atoms with E-state index in [1.165, 1.54) is 22.6 Å². The van der Waals surface area contributed by atoms with E-state index in [9.17, 15) is 13.2 Å². The first-order chi connectivity index (χ1) is 9.43. The number of nitrogens with zero attached hydrogens (tertiary/aromatic N) is 1. The minimum atomic E-state index is -3.48. The summed E-state index contributed by atoms with van der Waals surface area (Å²) in [5.41, 5.74) is 0. The lowest BCUT2D eigenvalue weighted by atomic mass is 9.98. The Balaban J connectivity index is 2.21. The molecule has 0 aromatic carbocycles. The predicted octanol–water partition coefficient (Wildman–Crippen LogP) is 1.75. The Morgan fingerprint density at radius 3 is 2.95 bits per heavy atom. The first-order valence-corrected chi connectivity index (χ1v) is 8.88. The van der Waals surface area contributed by atoms with Crippen LogP contribution in [-0.4, -0.2) is 44.3 Å². The zero-order chi connectivity index (χ0) is 14.8. The van der Waals surface area contributed by atoms with Crippen molar-refractivity contribution in [3.63, 3.8) is 0 Å². The highest BCUT2D eigenvalue weighted by atomic mass is 32.2. The van der Waals surface area contributed by atoms with E-state index < -0.39 is 10.0 Å². The molecule has 5 nitrogen and oxygen atoms in total. The third kappa shape index (κ3) is 3.28. The van der Waals surface area contributed by atoms with Crippen molar-refractivity contribution in [3.8, 4) is 0 Å². The fourth-order valence-corrected chi connectivity index (χ4v) is 4.97. The Bertz CT molecular complexity index is 553. The fourth-order valence-electron chi connectivity index (χ4n) is 2.24. The van der Waals surface area contributed by atoms with E-state index in [1.807, 2.05) is 6.92 Å². The van der Waals surface area contributed by atoms with Crippen LogP contribution in [0.25, 0.3) is 0 Å². The SMILES string of the molecule is CC(=O)C(C)CC1COCCN1S(=O)(=O)c1cccs1. The molecule has 112 valence electrons. The molecule has 1 aliphatic heterocycles. The number of carbonyl (C=O) groups excluding carboxylic acids is 1. The molecule has 1 fully saturated rings. The van der Waals surface area contributed by atoms with Crippen LogP contribution in [0.1, 0.15) is 20.3 Å². The fraction of sp³-hybridized carbons (Fsp3) is 0.615. The molecule has 2 heterocycles. The second-order valence-electron chi connectivity index (χ2n) is 5.02. The van der Waals surface area contributed by atoms with Gasteiger partial charge in [0, 0.05) is 18.5 Å². The largest absolute Gasteiger partial charge is 0.378 e. The van der Waals surface area contributed by atoms with Gasteiger partial charge in [0.2, 0.25) is 0 Å². The van der Waals surface area contributed by atoms with Crippen LogP contribution in [-0.2, 0) is 19.6 Å². The van der Waals surface area contributed by atoms with Gasteiger partial charge in [-0.3, -0.25) is 4.79 Å². The average Bonchev–Trinajstić information content (AvgIpc) is 2.93. The number of sulfonamides is 1. The van der Waals surface area contributed by atoms with Crippen molar-refractivity contribution >= 4 is 27.1 Å². The molecular weight excluding hydrogens is 298 g/mol. The third-order valence-electron chi connectivity index (χ3n) is 3.55. The van der Waals surface area contributed by atoms with Crippen molar-refractivity contribution in [3.05, 3.63) is 17.5 Å². The van der Waals surface area contributed by atoms with Gasteiger partial charge < -0.3 is 4.74 Å². The number of hydrogen-bond acceptors (Lipinski definition) is 5. The van der Waals surface area contributed by atoms with E-state index in [0.717, 1.165) is 0 Å². The van der Waals surface area contributed by atoms with Gasteiger partial charge in [-0.2, -0.15) is 4.31 Å². The minimum Gasteiger partial charge on any atom is -0.378 e. The van der Waals surface area contributed by atoms with Crippen molar-refractivity contribution in [1.29, 1.82) is 0 Å². The summed E-state index contributed by atoms with van der Waals surface area (Å²) in [5.74, 6) is -0.0909. The highest BCUT2D eigenvalue weighted by Crippen LogP contribution is 2.27. The highest BCUT2D eigenvalue weighted by Gasteiger charge is 2.35. The van der Waals surface area contributed by atoms with Crippen molar-refractivity contribution in [2.75, 3.05) is 19.8 Å². The summed E-state index contributed by atoms with van der Waals surface area (Å²) in [5, 5.41) is 1.75. The molecular formula is C13H19NO4S2. The van der Waals surface area contributed by atoms with E-state index in [-0.39, 0.29) is 17.7 Å². The molecule has 1 aromatic rings. The summed E-state index contributed by atoms with van der Waals surface area (Å²) in [7, 11) is -3.48. The van der Waals surface area contributed by atoms with Crippen molar-refractivity contribution in [1.82, 2.24) is 4.31 Å². The van der Waals surface area contributed by atoms with Gasteiger partial charge in [0.05, 0.1) is 13.2 Å². The maximum absolute atomic E-state index is 12.6. The van der Waals surface area contributed by atoms with Gasteiger partial charge in [-0.1, -0.05) is 13.0 Å². The van der Waals surface area contributed by atoms with Crippen LogP contribution in [0.4, 0.5) is 0 Å². The van der Waals surface area contributed by atoms with Gasteiger partial charge in [-0.25, -0.2) is 8.42 Å². The highest BCUT2D eigenvalue weighted by molar-refractivity contribution is 7.91. The predicted molar refractivity (Wildman–Crippen MR) is 77.3 cm³/mol. The van der Waals surface area contributed by atoms with Crippen LogP contribution in [0.3, 0.4) is 0 Å². The quantitative estimate of drug-likeness (QED) is 0.830. The van der Waals surface area contributed by atoms with E-state index >= 15 is 0 Å². The molecule has 2 rings (SSSR count). The first kappa shape index (κ1) is 15.6. The number of ketones is 1. The number of thiophene rings is 1. The second kappa shape index (κ2) is 6.34. The normalized spacial score (nSPS) is 22.6. The molecule has 0 radical (unpaired) electrons. The smallest absolute Gasteiger partial charge is 0.252 e. The number of carbonyl (C=O) groups is 1. The molecule has 1 saturated heterocycles. The summed E-state index contributed by atoms with van der Waals surface area (Å²) in [4.78, 5) is 11.4. The Morgan fingerprint density at radius 1 is 1.60 bits per heavy atom. The van der Waals surface area contributed by atoms with Gasteiger partial charge in [0.1, 0.15) is 9.99 Å². The molecule has 0 amide bonds. The third-order valence-corrected chi connectivity index (χ3v) is 6.88. The Kier molecular flexibility index (Phi) is 4.95. The number of ether oxygens (including phenoxy) is 1. The molecule has 0 saturated carbocycles. The Labute approximate surface area is 123 Å². The molecule has 0 spiro atoms. The summed E-state index contributed by atoms with van der Waals surface area (Å²) >= 11 is 1.21. The molecule has 7 heteroatoms. The Hall–Kier alpha value is -0.760. The van der Waals surface area contributed by atoms with Crippen molar-refractivity contribution in [2.24, 2.45) is 5.92 Å². The topological polar surface area (TPSA) is 63.7 Å². The summed E-state index contributed by atoms with van der Waals surface area (Å²) < 4.78 is 32.4. The van der Waals surface area contributed by atoms with Crippen LogP contribution in [0, 0.1) is 5.92 Å². The lowest BCUT2D eigenvalue weighted by molar-refractivity contribution is -0.121. The van der Waals surface area contributed by atoms with Crippen molar-refractivity contribution < 1.29 is 17.9 Å². The average molecular weight is 317 g/mol. The van der Waals surface area contributed by atoms with Crippen LogP contribution < -0.4 is 0 Å². The molecule has 0 N–H and O–H groups in total. The van der Waals surface area contributed by atoms with Gasteiger partial charge in [0.25, 0.3) is 10.0 Å².